The molecule has 0 heterocycles. The maximum atomic E-state index is 11.8. The number of hydrogen-bond acceptors (Lipinski definition) is 2. The number of ether oxygens (including phenoxy) is 1. The molecule has 0 saturated carbocycles. The van der Waals surface area contributed by atoms with Crippen molar-refractivity contribution in [2.75, 3.05) is 13.7 Å². The molecule has 0 aromatic heterocycles. The largest absolute Gasteiger partial charge is 0.496 e. The Labute approximate surface area is 86.1 Å². The van der Waals surface area contributed by atoms with Crippen LogP contribution in [0.4, 0.5) is 13.2 Å². The Morgan fingerprint density at radius 1 is 1.27 bits per heavy atom. The van der Waals surface area contributed by atoms with Gasteiger partial charge in [-0.2, -0.15) is 13.2 Å². The highest BCUT2D eigenvalue weighted by Gasteiger charge is 2.26. The van der Waals surface area contributed by atoms with E-state index in [9.17, 15) is 13.2 Å². The second-order valence-corrected chi connectivity index (χ2v) is 3.03. The number of nitrogens with one attached hydrogen (secondary N) is 1. The minimum atomic E-state index is -4.18. The fraction of sp³-hybridized carbons (Fsp3) is 0.400. The van der Waals surface area contributed by atoms with Crippen molar-refractivity contribution in [2.24, 2.45) is 0 Å². The van der Waals surface area contributed by atoms with E-state index in [1.54, 1.807) is 24.3 Å². The standard InChI is InChI=1S/C10H12F3NO/c1-15-9-5-3-2-4-8(9)6-14-7-10(11,12)13/h2-5,14H,6-7H2,1H3. The molecule has 0 amide bonds. The first-order valence-electron chi connectivity index (χ1n) is 4.42. The van der Waals surface area contributed by atoms with Crippen LogP contribution in [0.5, 0.6) is 5.75 Å². The van der Waals surface area contributed by atoms with Crippen LogP contribution in [-0.2, 0) is 6.54 Å². The summed E-state index contributed by atoms with van der Waals surface area (Å²) in [4.78, 5) is 0. The molecule has 0 spiro atoms. The van der Waals surface area contributed by atoms with E-state index in [2.05, 4.69) is 5.32 Å². The van der Waals surface area contributed by atoms with E-state index in [1.165, 1.54) is 7.11 Å². The van der Waals surface area contributed by atoms with Crippen LogP contribution in [-0.4, -0.2) is 19.8 Å². The Hall–Kier alpha value is -1.23. The molecule has 1 aromatic rings. The monoisotopic (exact) mass is 219 g/mol. The van der Waals surface area contributed by atoms with Crippen molar-refractivity contribution in [3.05, 3.63) is 29.8 Å². The smallest absolute Gasteiger partial charge is 0.401 e. The molecule has 0 fully saturated rings. The van der Waals surface area contributed by atoms with Crippen LogP contribution in [0.1, 0.15) is 5.56 Å². The van der Waals surface area contributed by atoms with Crippen molar-refractivity contribution in [3.8, 4) is 5.75 Å². The number of hydrogen-bond donors (Lipinski definition) is 1. The average Bonchev–Trinajstić information content (AvgIpc) is 2.16. The van der Waals surface area contributed by atoms with Gasteiger partial charge < -0.3 is 10.1 Å². The summed E-state index contributed by atoms with van der Waals surface area (Å²) >= 11 is 0. The van der Waals surface area contributed by atoms with Gasteiger partial charge in [-0.25, -0.2) is 0 Å². The number of halogens is 3. The van der Waals surface area contributed by atoms with Gasteiger partial charge in [-0.05, 0) is 6.07 Å². The Balaban J connectivity index is 2.50. The fourth-order valence-electron chi connectivity index (χ4n) is 1.19. The first-order chi connectivity index (χ1) is 7.03. The summed E-state index contributed by atoms with van der Waals surface area (Å²) in [5.41, 5.74) is 0.712. The SMILES string of the molecule is COc1ccccc1CNCC(F)(F)F. The molecule has 84 valence electrons. The molecule has 0 aliphatic carbocycles. The zero-order chi connectivity index (χ0) is 11.3. The summed E-state index contributed by atoms with van der Waals surface area (Å²) in [5, 5.41) is 2.31. The molecule has 0 aliphatic heterocycles. The summed E-state index contributed by atoms with van der Waals surface area (Å²) < 4.78 is 40.5. The quantitative estimate of drug-likeness (QED) is 0.839. The third-order valence-corrected chi connectivity index (χ3v) is 1.83. The molecule has 1 rings (SSSR count). The van der Waals surface area contributed by atoms with Crippen LogP contribution in [0, 0.1) is 0 Å². The lowest BCUT2D eigenvalue weighted by molar-refractivity contribution is -0.125. The fourth-order valence-corrected chi connectivity index (χ4v) is 1.19. The van der Waals surface area contributed by atoms with Crippen LogP contribution in [0.15, 0.2) is 24.3 Å². The van der Waals surface area contributed by atoms with Crippen molar-refractivity contribution in [3.63, 3.8) is 0 Å². The lowest BCUT2D eigenvalue weighted by Gasteiger charge is -2.10. The van der Waals surface area contributed by atoms with Gasteiger partial charge in [-0.15, -0.1) is 0 Å². The van der Waals surface area contributed by atoms with Gasteiger partial charge in [-0.3, -0.25) is 0 Å². The molecule has 0 aliphatic rings. The zero-order valence-electron chi connectivity index (χ0n) is 8.27. The molecule has 0 bridgehead atoms. The predicted molar refractivity (Wildman–Crippen MR) is 50.8 cm³/mol. The van der Waals surface area contributed by atoms with Crippen LogP contribution >= 0.6 is 0 Å². The second-order valence-electron chi connectivity index (χ2n) is 3.03. The highest BCUT2D eigenvalue weighted by Crippen LogP contribution is 2.18. The van der Waals surface area contributed by atoms with Crippen LogP contribution in [0.25, 0.3) is 0 Å². The van der Waals surface area contributed by atoms with Gasteiger partial charge in [0.15, 0.2) is 0 Å². The van der Waals surface area contributed by atoms with E-state index in [1.807, 2.05) is 0 Å². The molecule has 0 unspecified atom stereocenters. The molecule has 1 aromatic carbocycles. The van der Waals surface area contributed by atoms with Crippen LogP contribution < -0.4 is 10.1 Å². The van der Waals surface area contributed by atoms with E-state index < -0.39 is 12.7 Å². The number of para-hydroxylation sites is 1. The third-order valence-electron chi connectivity index (χ3n) is 1.83. The summed E-state index contributed by atoms with van der Waals surface area (Å²) in [6.45, 7) is -0.853. The van der Waals surface area contributed by atoms with Crippen LogP contribution in [0.3, 0.4) is 0 Å². The van der Waals surface area contributed by atoms with Crippen molar-refractivity contribution in [1.29, 1.82) is 0 Å². The third kappa shape index (κ3) is 4.20. The van der Waals surface area contributed by atoms with E-state index >= 15 is 0 Å². The second kappa shape index (κ2) is 5.02. The number of alkyl halides is 3. The molecule has 0 radical (unpaired) electrons. The lowest BCUT2D eigenvalue weighted by Crippen LogP contribution is -2.28. The average molecular weight is 219 g/mol. The van der Waals surface area contributed by atoms with Crippen molar-refractivity contribution < 1.29 is 17.9 Å². The maximum Gasteiger partial charge on any atom is 0.401 e. The van der Waals surface area contributed by atoms with Gasteiger partial charge in [0.25, 0.3) is 0 Å². The Kier molecular flexibility index (Phi) is 3.96. The topological polar surface area (TPSA) is 21.3 Å². The van der Waals surface area contributed by atoms with Gasteiger partial charge in [0.05, 0.1) is 13.7 Å². The highest BCUT2D eigenvalue weighted by molar-refractivity contribution is 5.32. The summed E-state index contributed by atoms with van der Waals surface area (Å²) in [5.74, 6) is 0.590. The highest BCUT2D eigenvalue weighted by atomic mass is 19.4. The molecular formula is C10H12F3NO. The summed E-state index contributed by atoms with van der Waals surface area (Å²) in [7, 11) is 1.49. The molecule has 1 N–H and O–H groups in total. The number of methoxy groups -OCH3 is 1. The van der Waals surface area contributed by atoms with E-state index in [4.69, 9.17) is 4.74 Å². The van der Waals surface area contributed by atoms with E-state index in [-0.39, 0.29) is 6.54 Å². The lowest BCUT2D eigenvalue weighted by atomic mass is 10.2. The van der Waals surface area contributed by atoms with Gasteiger partial charge in [0.1, 0.15) is 5.75 Å². The van der Waals surface area contributed by atoms with Crippen molar-refractivity contribution >= 4 is 0 Å². The summed E-state index contributed by atoms with van der Waals surface area (Å²) in [6, 6.07) is 6.96. The summed E-state index contributed by atoms with van der Waals surface area (Å²) in [6.07, 6.45) is -4.18. The molecule has 15 heavy (non-hydrogen) atoms. The van der Waals surface area contributed by atoms with Gasteiger partial charge in [-0.1, -0.05) is 18.2 Å². The van der Waals surface area contributed by atoms with Crippen LogP contribution in [0.2, 0.25) is 0 Å². The van der Waals surface area contributed by atoms with Crippen molar-refractivity contribution in [1.82, 2.24) is 5.32 Å². The zero-order valence-corrected chi connectivity index (χ0v) is 8.27. The Morgan fingerprint density at radius 3 is 2.53 bits per heavy atom. The normalized spacial score (nSPS) is 11.5. The first-order valence-corrected chi connectivity index (χ1v) is 4.42. The molecule has 0 saturated heterocycles. The molecular weight excluding hydrogens is 207 g/mol. The Bertz CT molecular complexity index is 312. The minimum absolute atomic E-state index is 0.142. The first kappa shape index (κ1) is 11.8. The number of rotatable bonds is 4. The van der Waals surface area contributed by atoms with Gasteiger partial charge in [0, 0.05) is 12.1 Å². The number of benzene rings is 1. The minimum Gasteiger partial charge on any atom is -0.496 e. The molecule has 0 atom stereocenters. The van der Waals surface area contributed by atoms with Gasteiger partial charge >= 0.3 is 6.18 Å². The van der Waals surface area contributed by atoms with E-state index in [0.717, 1.165) is 0 Å². The maximum absolute atomic E-state index is 11.8. The van der Waals surface area contributed by atoms with Crippen molar-refractivity contribution in [2.45, 2.75) is 12.7 Å². The Morgan fingerprint density at radius 2 is 1.93 bits per heavy atom. The van der Waals surface area contributed by atoms with Gasteiger partial charge in [0.2, 0.25) is 0 Å². The predicted octanol–water partition coefficient (Wildman–Crippen LogP) is 2.35. The van der Waals surface area contributed by atoms with E-state index in [0.29, 0.717) is 11.3 Å². The molecule has 2 nitrogen and oxygen atoms in total. The molecule has 5 heteroatoms.